The van der Waals surface area contributed by atoms with Gasteiger partial charge in [0.1, 0.15) is 0 Å². The topological polar surface area (TPSA) is 59.0 Å². The van der Waals surface area contributed by atoms with Gasteiger partial charge >= 0.3 is 0 Å². The maximum Gasteiger partial charge on any atom is 0.193 e. The molecule has 0 aliphatic carbocycles. The summed E-state index contributed by atoms with van der Waals surface area (Å²) in [6.45, 7) is 11.8. The Balaban J connectivity index is 1.42. The molecule has 0 amide bonds. The zero-order valence-corrected chi connectivity index (χ0v) is 19.2. The number of hydrogen-bond acceptors (Lipinski definition) is 5. The second-order valence-electron chi connectivity index (χ2n) is 8.33. The molecule has 1 aromatic heterocycles. The van der Waals surface area contributed by atoms with Crippen molar-refractivity contribution in [2.45, 2.75) is 77.4 Å². The van der Waals surface area contributed by atoms with Gasteiger partial charge in [0.25, 0.3) is 0 Å². The molecule has 1 atom stereocenters. The third-order valence-electron chi connectivity index (χ3n) is 5.56. The highest BCUT2D eigenvalue weighted by atomic mass is 32.1. The lowest BCUT2D eigenvalue weighted by Crippen LogP contribution is -2.47. The average Bonchev–Trinajstić information content (AvgIpc) is 3.22. The maximum atomic E-state index is 6.15. The number of aromatic nitrogens is 1. The fourth-order valence-electron chi connectivity index (χ4n) is 3.82. The number of aliphatic imine (C=N–C) groups is 1. The van der Waals surface area contributed by atoms with Crippen molar-refractivity contribution in [1.82, 2.24) is 15.2 Å². The van der Waals surface area contributed by atoms with E-state index in [0.717, 1.165) is 76.7 Å². The minimum Gasteiger partial charge on any atom is -0.376 e. The van der Waals surface area contributed by atoms with Crippen LogP contribution in [0.25, 0.3) is 0 Å². The molecule has 1 unspecified atom stereocenters. The number of guanidine groups is 1. The highest BCUT2D eigenvalue weighted by Gasteiger charge is 2.23. The Morgan fingerprint density at radius 1 is 1.34 bits per heavy atom. The minimum atomic E-state index is 0.308. The lowest BCUT2D eigenvalue weighted by Gasteiger charge is -2.35. The largest absolute Gasteiger partial charge is 0.376 e. The first-order valence-corrected chi connectivity index (χ1v) is 12.2. The maximum absolute atomic E-state index is 6.15. The van der Waals surface area contributed by atoms with Crippen LogP contribution in [0.1, 0.15) is 69.5 Å². The van der Waals surface area contributed by atoms with Crippen LogP contribution in [0.5, 0.6) is 0 Å². The van der Waals surface area contributed by atoms with E-state index < -0.39 is 0 Å². The molecule has 0 spiro atoms. The highest BCUT2D eigenvalue weighted by molar-refractivity contribution is 7.09. The summed E-state index contributed by atoms with van der Waals surface area (Å²) in [6, 6.07) is 0. The summed E-state index contributed by atoms with van der Waals surface area (Å²) in [5.41, 5.74) is 1.16. The third-order valence-corrected chi connectivity index (χ3v) is 6.76. The predicted octanol–water partition coefficient (Wildman–Crippen LogP) is 3.82. The molecule has 3 heterocycles. The van der Waals surface area contributed by atoms with Crippen molar-refractivity contribution in [3.63, 3.8) is 0 Å². The van der Waals surface area contributed by atoms with Crippen molar-refractivity contribution in [3.05, 3.63) is 16.1 Å². The van der Waals surface area contributed by atoms with Crippen LogP contribution in [0.15, 0.2) is 10.4 Å². The molecule has 7 heteroatoms. The van der Waals surface area contributed by atoms with Gasteiger partial charge in [0.15, 0.2) is 5.96 Å². The Morgan fingerprint density at radius 3 is 2.83 bits per heavy atom. The number of piperidine rings is 1. The zero-order chi connectivity index (χ0) is 20.5. The first-order valence-electron chi connectivity index (χ1n) is 11.4. The quantitative estimate of drug-likeness (QED) is 0.510. The molecule has 0 radical (unpaired) electrons. The van der Waals surface area contributed by atoms with Crippen molar-refractivity contribution >= 4 is 17.3 Å². The summed E-state index contributed by atoms with van der Waals surface area (Å²) in [7, 11) is 0. The second-order valence-corrected chi connectivity index (χ2v) is 9.22. The smallest absolute Gasteiger partial charge is 0.193 e. The minimum absolute atomic E-state index is 0.308. The van der Waals surface area contributed by atoms with E-state index in [9.17, 15) is 0 Å². The Kier molecular flexibility index (Phi) is 9.21. The number of ether oxygens (including phenoxy) is 2. The molecule has 1 aromatic rings. The van der Waals surface area contributed by atoms with Crippen LogP contribution in [0, 0.1) is 0 Å². The molecule has 2 saturated heterocycles. The fourth-order valence-corrected chi connectivity index (χ4v) is 4.69. The van der Waals surface area contributed by atoms with E-state index in [1.807, 2.05) is 0 Å². The monoisotopic (exact) mass is 422 g/mol. The molecule has 3 rings (SSSR count). The van der Waals surface area contributed by atoms with Gasteiger partial charge < -0.3 is 19.7 Å². The van der Waals surface area contributed by atoms with Crippen LogP contribution in [0.3, 0.4) is 0 Å². The van der Waals surface area contributed by atoms with Gasteiger partial charge in [-0.15, -0.1) is 11.3 Å². The van der Waals surface area contributed by atoms with E-state index in [2.05, 4.69) is 36.4 Å². The number of rotatable bonds is 8. The van der Waals surface area contributed by atoms with Crippen LogP contribution < -0.4 is 5.32 Å². The summed E-state index contributed by atoms with van der Waals surface area (Å²) in [5.74, 6) is 1.53. The molecule has 29 heavy (non-hydrogen) atoms. The van der Waals surface area contributed by atoms with E-state index in [1.54, 1.807) is 11.3 Å². The standard InChI is InChI=1S/C22H38N4O2S/c1-4-23-22(24-11-8-18-16-29-21(25-18)17(2)3)26-12-9-19(10-13-26)28-15-20-7-5-6-14-27-20/h16-17,19-20H,4-15H2,1-3H3,(H,23,24). The molecule has 0 aromatic carbocycles. The molecule has 2 aliphatic heterocycles. The van der Waals surface area contributed by atoms with Gasteiger partial charge in [-0.25, -0.2) is 4.98 Å². The molecular weight excluding hydrogens is 384 g/mol. The first-order chi connectivity index (χ1) is 14.2. The van der Waals surface area contributed by atoms with E-state index >= 15 is 0 Å². The fraction of sp³-hybridized carbons (Fsp3) is 0.818. The lowest BCUT2D eigenvalue weighted by molar-refractivity contribution is -0.0721. The van der Waals surface area contributed by atoms with Crippen LogP contribution in [0.4, 0.5) is 0 Å². The molecule has 0 bridgehead atoms. The number of nitrogens with one attached hydrogen (secondary N) is 1. The summed E-state index contributed by atoms with van der Waals surface area (Å²) in [5, 5.41) is 6.85. The number of likely N-dealkylation sites (tertiary alicyclic amines) is 1. The summed E-state index contributed by atoms with van der Waals surface area (Å²) < 4.78 is 11.9. The van der Waals surface area contributed by atoms with Crippen molar-refractivity contribution < 1.29 is 9.47 Å². The molecule has 1 N–H and O–H groups in total. The number of hydrogen-bond donors (Lipinski definition) is 1. The molecule has 0 saturated carbocycles. The summed E-state index contributed by atoms with van der Waals surface area (Å²) >= 11 is 1.76. The Morgan fingerprint density at radius 2 is 2.17 bits per heavy atom. The Hall–Kier alpha value is -1.18. The van der Waals surface area contributed by atoms with Gasteiger partial charge in [-0.2, -0.15) is 0 Å². The van der Waals surface area contributed by atoms with Gasteiger partial charge in [-0.05, 0) is 39.0 Å². The highest BCUT2D eigenvalue weighted by Crippen LogP contribution is 2.20. The van der Waals surface area contributed by atoms with E-state index in [4.69, 9.17) is 19.5 Å². The predicted molar refractivity (Wildman–Crippen MR) is 120 cm³/mol. The van der Waals surface area contributed by atoms with Gasteiger partial charge in [0.05, 0.1) is 29.5 Å². The molecule has 164 valence electrons. The molecule has 2 aliphatic rings. The third kappa shape index (κ3) is 7.23. The lowest BCUT2D eigenvalue weighted by atomic mass is 10.1. The summed E-state index contributed by atoms with van der Waals surface area (Å²) in [6.07, 6.45) is 7.29. The Labute approximate surface area is 180 Å². The zero-order valence-electron chi connectivity index (χ0n) is 18.4. The van der Waals surface area contributed by atoms with Gasteiger partial charge in [-0.1, -0.05) is 13.8 Å². The van der Waals surface area contributed by atoms with Crippen molar-refractivity contribution in [2.75, 3.05) is 39.4 Å². The SMILES string of the molecule is CCNC(=NCCc1csc(C(C)C)n1)N1CCC(OCC2CCCCO2)CC1. The molecular formula is C22H38N4O2S. The number of thiazole rings is 1. The van der Waals surface area contributed by atoms with Crippen LogP contribution in [-0.4, -0.2) is 67.4 Å². The van der Waals surface area contributed by atoms with Crippen LogP contribution in [0.2, 0.25) is 0 Å². The molecule has 2 fully saturated rings. The van der Waals surface area contributed by atoms with E-state index in [-0.39, 0.29) is 0 Å². The van der Waals surface area contributed by atoms with Gasteiger partial charge in [0.2, 0.25) is 0 Å². The van der Waals surface area contributed by atoms with Crippen LogP contribution >= 0.6 is 11.3 Å². The number of nitrogens with zero attached hydrogens (tertiary/aromatic N) is 3. The normalized spacial score (nSPS) is 21.7. The second kappa shape index (κ2) is 11.9. The van der Waals surface area contributed by atoms with Crippen LogP contribution in [-0.2, 0) is 15.9 Å². The Bertz CT molecular complexity index is 620. The van der Waals surface area contributed by atoms with Crippen molar-refractivity contribution in [1.29, 1.82) is 0 Å². The first kappa shape index (κ1) is 22.5. The summed E-state index contributed by atoms with van der Waals surface area (Å²) in [4.78, 5) is 12.0. The van der Waals surface area contributed by atoms with Crippen molar-refractivity contribution in [2.24, 2.45) is 4.99 Å². The van der Waals surface area contributed by atoms with Gasteiger partial charge in [0, 0.05) is 50.5 Å². The van der Waals surface area contributed by atoms with Crippen molar-refractivity contribution in [3.8, 4) is 0 Å². The average molecular weight is 423 g/mol. The van der Waals surface area contributed by atoms with E-state index in [1.165, 1.54) is 17.8 Å². The molecule has 6 nitrogen and oxygen atoms in total. The van der Waals surface area contributed by atoms with E-state index in [0.29, 0.717) is 18.1 Å². The van der Waals surface area contributed by atoms with Gasteiger partial charge in [-0.3, -0.25) is 4.99 Å².